The van der Waals surface area contributed by atoms with Crippen molar-refractivity contribution in [3.05, 3.63) is 40.2 Å². The van der Waals surface area contributed by atoms with Crippen LogP contribution in [0, 0.1) is 11.7 Å². The Kier molecular flexibility index (Phi) is 6.06. The molecule has 0 saturated heterocycles. The fraction of sp³-hybridized carbons (Fsp3) is 0.500. The van der Waals surface area contributed by atoms with E-state index in [1.165, 1.54) is 18.2 Å². The lowest BCUT2D eigenvalue weighted by Gasteiger charge is -2.28. The second kappa shape index (κ2) is 8.50. The van der Waals surface area contributed by atoms with Crippen LogP contribution in [0.1, 0.15) is 44.9 Å². The van der Waals surface area contributed by atoms with Crippen molar-refractivity contribution < 1.29 is 23.5 Å². The molecule has 28 heavy (non-hydrogen) atoms. The smallest absolute Gasteiger partial charge is 0.320 e. The number of rotatable bonds is 6. The number of carbonyl (C=O) groups excluding carboxylic acids is 2. The Morgan fingerprint density at radius 1 is 1.25 bits per heavy atom. The van der Waals surface area contributed by atoms with E-state index >= 15 is 0 Å². The lowest BCUT2D eigenvalue weighted by molar-refractivity contribution is -0.162. The van der Waals surface area contributed by atoms with Gasteiger partial charge in [-0.2, -0.15) is 0 Å². The Morgan fingerprint density at radius 2 is 1.93 bits per heavy atom. The average molecular weight is 390 g/mol. The number of hydrogen-bond acceptors (Lipinski definition) is 6. The average Bonchev–Trinajstić information content (AvgIpc) is 2.66. The maximum absolute atomic E-state index is 13.6. The van der Waals surface area contributed by atoms with Crippen molar-refractivity contribution in [3.63, 3.8) is 0 Å². The molecule has 0 radical (unpaired) electrons. The number of esters is 2. The molecule has 0 N–H and O–H groups in total. The largest absolute Gasteiger partial charge is 0.465 e. The molecule has 8 heteroatoms. The minimum Gasteiger partial charge on any atom is -0.465 e. The molecule has 0 saturated carbocycles. The summed E-state index contributed by atoms with van der Waals surface area (Å²) in [5.74, 6) is -2.70. The second-order valence-electron chi connectivity index (χ2n) is 6.72. The zero-order chi connectivity index (χ0) is 20.3. The number of ether oxygens (including phenoxy) is 2. The van der Waals surface area contributed by atoms with Gasteiger partial charge in [-0.25, -0.2) is 9.37 Å². The van der Waals surface area contributed by atoms with Crippen LogP contribution in [-0.4, -0.2) is 34.7 Å². The molecule has 150 valence electrons. The molecule has 0 bridgehead atoms. The fourth-order valence-electron chi connectivity index (χ4n) is 3.65. The molecule has 0 spiro atoms. The summed E-state index contributed by atoms with van der Waals surface area (Å²) in [5.41, 5.74) is 0.0282. The second-order valence-corrected chi connectivity index (χ2v) is 6.72. The van der Waals surface area contributed by atoms with Gasteiger partial charge < -0.3 is 9.47 Å². The molecule has 1 unspecified atom stereocenters. The summed E-state index contributed by atoms with van der Waals surface area (Å²) in [6.45, 7) is 4.12. The zero-order valence-corrected chi connectivity index (χ0v) is 15.9. The maximum Gasteiger partial charge on any atom is 0.320 e. The summed E-state index contributed by atoms with van der Waals surface area (Å²) >= 11 is 0. The van der Waals surface area contributed by atoms with Crippen molar-refractivity contribution in [1.29, 1.82) is 0 Å². The third kappa shape index (κ3) is 3.90. The van der Waals surface area contributed by atoms with Crippen LogP contribution in [0.25, 0.3) is 10.9 Å². The van der Waals surface area contributed by atoms with Gasteiger partial charge in [-0.1, -0.05) is 0 Å². The Labute approximate surface area is 161 Å². The summed E-state index contributed by atoms with van der Waals surface area (Å²) in [4.78, 5) is 41.9. The van der Waals surface area contributed by atoms with Crippen LogP contribution in [0.3, 0.4) is 0 Å². The Morgan fingerprint density at radius 3 is 2.57 bits per heavy atom. The third-order valence-corrected chi connectivity index (χ3v) is 4.91. The van der Waals surface area contributed by atoms with E-state index in [4.69, 9.17) is 9.47 Å². The Bertz CT molecular complexity index is 937. The molecule has 0 fully saturated rings. The number of fused-ring (bicyclic) bond motifs is 2. The van der Waals surface area contributed by atoms with Crippen molar-refractivity contribution in [3.8, 4) is 0 Å². The summed E-state index contributed by atoms with van der Waals surface area (Å²) in [5, 5.41) is 0.345. The summed E-state index contributed by atoms with van der Waals surface area (Å²) in [6.07, 6.45) is 1.50. The van der Waals surface area contributed by atoms with E-state index in [2.05, 4.69) is 4.98 Å². The maximum atomic E-state index is 13.6. The molecule has 1 atom stereocenters. The van der Waals surface area contributed by atoms with Gasteiger partial charge in [0.1, 0.15) is 11.6 Å². The summed E-state index contributed by atoms with van der Waals surface area (Å²) in [7, 11) is 0. The van der Waals surface area contributed by atoms with Crippen LogP contribution >= 0.6 is 0 Å². The summed E-state index contributed by atoms with van der Waals surface area (Å²) < 4.78 is 25.2. The lowest BCUT2D eigenvalue weighted by Crippen LogP contribution is -2.34. The molecule has 7 nitrogen and oxygen atoms in total. The number of aromatic nitrogens is 2. The van der Waals surface area contributed by atoms with Crippen LogP contribution < -0.4 is 5.56 Å². The highest BCUT2D eigenvalue weighted by Crippen LogP contribution is 2.32. The van der Waals surface area contributed by atoms with Gasteiger partial charge in [0, 0.05) is 18.5 Å². The van der Waals surface area contributed by atoms with Crippen molar-refractivity contribution in [2.75, 3.05) is 13.2 Å². The monoisotopic (exact) mass is 390 g/mol. The number of nitrogens with zero attached hydrogens (tertiary/aromatic N) is 2. The summed E-state index contributed by atoms with van der Waals surface area (Å²) in [6, 6.07) is 3.88. The Balaban J connectivity index is 2.00. The van der Waals surface area contributed by atoms with Gasteiger partial charge >= 0.3 is 11.9 Å². The van der Waals surface area contributed by atoms with Crippen molar-refractivity contribution in [2.45, 2.75) is 45.6 Å². The predicted molar refractivity (Wildman–Crippen MR) is 99.3 cm³/mol. The SMILES string of the molecule is CCOC(=O)C(CC1CCCn2c1nc1cc(F)ccc1c2=O)C(=O)OCC. The first kappa shape index (κ1) is 20.0. The van der Waals surface area contributed by atoms with Crippen LogP contribution in [0.2, 0.25) is 0 Å². The molecule has 3 rings (SSSR count). The van der Waals surface area contributed by atoms with Crippen LogP contribution in [-0.2, 0) is 25.6 Å². The molecule has 1 aliphatic heterocycles. The molecule has 2 aromatic rings. The van der Waals surface area contributed by atoms with Crippen LogP contribution in [0.15, 0.2) is 23.0 Å². The molecule has 1 aromatic carbocycles. The van der Waals surface area contributed by atoms with Gasteiger partial charge in [0.2, 0.25) is 0 Å². The highest BCUT2D eigenvalue weighted by molar-refractivity contribution is 5.95. The minimum atomic E-state index is -1.09. The first-order valence-electron chi connectivity index (χ1n) is 9.49. The van der Waals surface area contributed by atoms with Crippen LogP contribution in [0.5, 0.6) is 0 Å². The van der Waals surface area contributed by atoms with Gasteiger partial charge in [-0.15, -0.1) is 0 Å². The van der Waals surface area contributed by atoms with E-state index < -0.39 is 23.7 Å². The van der Waals surface area contributed by atoms with E-state index in [0.717, 1.165) is 0 Å². The van der Waals surface area contributed by atoms with Crippen LogP contribution in [0.4, 0.5) is 4.39 Å². The first-order chi connectivity index (χ1) is 13.5. The molecule has 0 amide bonds. The first-order valence-corrected chi connectivity index (χ1v) is 9.49. The molecular weight excluding hydrogens is 367 g/mol. The van der Waals surface area contributed by atoms with E-state index in [1.807, 2.05) is 0 Å². The van der Waals surface area contributed by atoms with E-state index in [0.29, 0.717) is 30.6 Å². The predicted octanol–water partition coefficient (Wildman–Crippen LogP) is 2.55. The zero-order valence-electron chi connectivity index (χ0n) is 15.9. The topological polar surface area (TPSA) is 87.5 Å². The van der Waals surface area contributed by atoms with Gasteiger partial charge in [-0.05, 0) is 45.2 Å². The Hall–Kier alpha value is -2.77. The van der Waals surface area contributed by atoms with Gasteiger partial charge in [0.15, 0.2) is 5.92 Å². The van der Waals surface area contributed by atoms with E-state index in [1.54, 1.807) is 18.4 Å². The molecule has 0 aliphatic carbocycles. The van der Waals surface area contributed by atoms with Gasteiger partial charge in [0.05, 0.1) is 24.1 Å². The molecule has 2 heterocycles. The standard InChI is InChI=1S/C20H23FN2O5/c1-3-27-19(25)15(20(26)28-4-2)10-12-6-5-9-23-17(12)22-16-11-13(21)7-8-14(16)18(23)24/h7-8,11-12,15H,3-6,9-10H2,1-2H3. The number of halogens is 1. The third-order valence-electron chi connectivity index (χ3n) is 4.91. The van der Waals surface area contributed by atoms with Gasteiger partial charge in [0.25, 0.3) is 5.56 Å². The molecule has 1 aromatic heterocycles. The fourth-order valence-corrected chi connectivity index (χ4v) is 3.65. The van der Waals surface area contributed by atoms with E-state index in [-0.39, 0.29) is 36.6 Å². The van der Waals surface area contributed by atoms with Crippen molar-refractivity contribution in [2.24, 2.45) is 5.92 Å². The molecule has 1 aliphatic rings. The highest BCUT2D eigenvalue weighted by atomic mass is 19.1. The number of hydrogen-bond donors (Lipinski definition) is 0. The highest BCUT2D eigenvalue weighted by Gasteiger charge is 2.35. The quantitative estimate of drug-likeness (QED) is 0.556. The minimum absolute atomic E-state index is 0.130. The number of carbonyl (C=O) groups is 2. The van der Waals surface area contributed by atoms with E-state index in [9.17, 15) is 18.8 Å². The number of benzene rings is 1. The van der Waals surface area contributed by atoms with Crippen molar-refractivity contribution in [1.82, 2.24) is 9.55 Å². The molecular formula is C20H23FN2O5. The normalized spacial score (nSPS) is 16.1. The van der Waals surface area contributed by atoms with Gasteiger partial charge in [-0.3, -0.25) is 19.0 Å². The van der Waals surface area contributed by atoms with Crippen molar-refractivity contribution >= 4 is 22.8 Å². The lowest BCUT2D eigenvalue weighted by atomic mass is 9.88.